The Morgan fingerprint density at radius 3 is 1.71 bits per heavy atom. The monoisotopic (exact) mass is 512 g/mol. The van der Waals surface area contributed by atoms with Crippen molar-refractivity contribution < 1.29 is 13.6 Å². The first-order valence-electron chi connectivity index (χ1n) is 13.2. The van der Waals surface area contributed by atoms with Gasteiger partial charge in [0.1, 0.15) is 17.2 Å². The molecule has 1 aliphatic carbocycles. The fourth-order valence-electron chi connectivity index (χ4n) is 4.38. The predicted molar refractivity (Wildman–Crippen MR) is 155 cm³/mol. The lowest BCUT2D eigenvalue weighted by molar-refractivity contribution is 0.400. The summed E-state index contributed by atoms with van der Waals surface area (Å²) in [7, 11) is -2.31. The summed E-state index contributed by atoms with van der Waals surface area (Å²) >= 11 is 0. The first-order valence-corrected chi connectivity index (χ1v) is 19.0. The average molecular weight is 513 g/mol. The Labute approximate surface area is 216 Å². The fraction of sp³-hybridized carbons (Fsp3) is 0.600. The Kier molecular flexibility index (Phi) is 7.66. The van der Waals surface area contributed by atoms with Crippen LogP contribution >= 0.6 is 0 Å². The SMILES string of the molecule is COc1c(C)c(-c2ccccc2O[Si](C)(C)C(C)(C)C)c(O[Si](C)(C)C(C)(C)C)c2c1CCCC2. The van der Waals surface area contributed by atoms with E-state index in [2.05, 4.69) is 98.9 Å². The number of hydrogen-bond acceptors (Lipinski definition) is 3. The lowest BCUT2D eigenvalue weighted by Gasteiger charge is -2.40. The van der Waals surface area contributed by atoms with Gasteiger partial charge < -0.3 is 13.6 Å². The van der Waals surface area contributed by atoms with Gasteiger partial charge in [-0.3, -0.25) is 0 Å². The van der Waals surface area contributed by atoms with Crippen molar-refractivity contribution in [1.29, 1.82) is 0 Å². The normalized spacial score (nSPS) is 15.0. The van der Waals surface area contributed by atoms with Crippen LogP contribution in [0.25, 0.3) is 11.1 Å². The van der Waals surface area contributed by atoms with E-state index < -0.39 is 16.6 Å². The van der Waals surface area contributed by atoms with Gasteiger partial charge in [0, 0.05) is 27.8 Å². The molecule has 0 spiro atoms. The number of hydrogen-bond donors (Lipinski definition) is 0. The Morgan fingerprint density at radius 2 is 1.20 bits per heavy atom. The third-order valence-corrected chi connectivity index (χ3v) is 17.3. The second kappa shape index (κ2) is 9.62. The second-order valence-corrected chi connectivity index (χ2v) is 22.7. The molecule has 0 aromatic heterocycles. The van der Waals surface area contributed by atoms with Crippen LogP contribution in [0.3, 0.4) is 0 Å². The van der Waals surface area contributed by atoms with Gasteiger partial charge in [0.05, 0.1) is 7.11 Å². The molecule has 3 rings (SSSR count). The van der Waals surface area contributed by atoms with Crippen molar-refractivity contribution in [1.82, 2.24) is 0 Å². The zero-order chi connectivity index (χ0) is 26.4. The lowest BCUT2D eigenvalue weighted by atomic mass is 9.84. The highest BCUT2D eigenvalue weighted by Gasteiger charge is 2.42. The number of fused-ring (bicyclic) bond motifs is 1. The van der Waals surface area contributed by atoms with E-state index >= 15 is 0 Å². The molecule has 0 unspecified atom stereocenters. The summed E-state index contributed by atoms with van der Waals surface area (Å²) in [6.07, 6.45) is 4.48. The standard InChI is InChI=1S/C30H48O3Si2/c1-21-26(24-19-15-16-20-25(24)32-34(9,10)29(2,3)4)28(33-35(11,12)30(5,6)7)23-18-14-13-17-22(23)27(21)31-8/h15-16,19-20H,13-14,17-18H2,1-12H3. The third kappa shape index (κ3) is 5.36. The first kappa shape index (κ1) is 27.9. The molecule has 0 saturated carbocycles. The molecule has 0 atom stereocenters. The Hall–Kier alpha value is -1.73. The average Bonchev–Trinajstić information content (AvgIpc) is 2.73. The van der Waals surface area contributed by atoms with Gasteiger partial charge in [-0.25, -0.2) is 0 Å². The van der Waals surface area contributed by atoms with Gasteiger partial charge in [0.25, 0.3) is 16.6 Å². The van der Waals surface area contributed by atoms with Crippen LogP contribution in [0.2, 0.25) is 36.3 Å². The number of ether oxygens (including phenoxy) is 1. The highest BCUT2D eigenvalue weighted by Crippen LogP contribution is 2.52. The molecule has 0 fully saturated rings. The molecule has 1 aliphatic rings. The van der Waals surface area contributed by atoms with Crippen LogP contribution in [0.5, 0.6) is 17.2 Å². The molecule has 3 nitrogen and oxygen atoms in total. The lowest BCUT2D eigenvalue weighted by Crippen LogP contribution is -2.44. The van der Waals surface area contributed by atoms with Crippen LogP contribution < -0.4 is 13.6 Å². The van der Waals surface area contributed by atoms with E-state index in [9.17, 15) is 0 Å². The van der Waals surface area contributed by atoms with Gasteiger partial charge in [-0.1, -0.05) is 59.7 Å². The number of benzene rings is 2. The van der Waals surface area contributed by atoms with Crippen LogP contribution in [0.15, 0.2) is 24.3 Å². The van der Waals surface area contributed by atoms with Crippen molar-refractivity contribution >= 4 is 16.6 Å². The van der Waals surface area contributed by atoms with E-state index in [0.29, 0.717) is 0 Å². The van der Waals surface area contributed by atoms with Crippen molar-refractivity contribution in [2.24, 2.45) is 0 Å². The molecular weight excluding hydrogens is 464 g/mol. The summed E-state index contributed by atoms with van der Waals surface area (Å²) in [6.45, 7) is 25.4. The van der Waals surface area contributed by atoms with Gasteiger partial charge in [0.2, 0.25) is 0 Å². The first-order chi connectivity index (χ1) is 16.0. The Bertz CT molecular complexity index is 1070. The van der Waals surface area contributed by atoms with Crippen LogP contribution in [0, 0.1) is 6.92 Å². The summed E-state index contributed by atoms with van der Waals surface area (Å²) < 4.78 is 20.2. The van der Waals surface area contributed by atoms with Gasteiger partial charge in [-0.05, 0) is 74.9 Å². The molecule has 194 valence electrons. The maximum Gasteiger partial charge on any atom is 0.250 e. The molecule has 2 aromatic carbocycles. The Balaban J connectivity index is 2.34. The quantitative estimate of drug-likeness (QED) is 0.361. The van der Waals surface area contributed by atoms with E-state index in [1.807, 2.05) is 7.11 Å². The molecule has 0 N–H and O–H groups in total. The number of para-hydroxylation sites is 1. The van der Waals surface area contributed by atoms with E-state index in [-0.39, 0.29) is 10.1 Å². The zero-order valence-corrected chi connectivity index (χ0v) is 26.4. The molecule has 35 heavy (non-hydrogen) atoms. The van der Waals surface area contributed by atoms with Crippen molar-refractivity contribution in [2.75, 3.05) is 7.11 Å². The molecule has 0 radical (unpaired) electrons. The smallest absolute Gasteiger partial charge is 0.250 e. The minimum absolute atomic E-state index is 0.108. The topological polar surface area (TPSA) is 27.7 Å². The van der Waals surface area contributed by atoms with E-state index in [0.717, 1.165) is 46.8 Å². The van der Waals surface area contributed by atoms with E-state index in [1.165, 1.54) is 24.0 Å². The summed E-state index contributed by atoms with van der Waals surface area (Å²) in [4.78, 5) is 0. The van der Waals surface area contributed by atoms with Crippen LogP contribution in [-0.4, -0.2) is 23.7 Å². The van der Waals surface area contributed by atoms with Crippen molar-refractivity contribution in [3.05, 3.63) is 41.0 Å². The molecule has 0 saturated heterocycles. The summed E-state index contributed by atoms with van der Waals surface area (Å²) in [5, 5.41) is 0.222. The van der Waals surface area contributed by atoms with E-state index in [4.69, 9.17) is 13.6 Å². The van der Waals surface area contributed by atoms with Crippen molar-refractivity contribution in [2.45, 2.75) is 110 Å². The minimum atomic E-state index is -2.09. The molecular formula is C30H48O3Si2. The third-order valence-electron chi connectivity index (χ3n) is 8.65. The maximum atomic E-state index is 7.22. The zero-order valence-electron chi connectivity index (χ0n) is 24.4. The molecule has 0 heterocycles. The van der Waals surface area contributed by atoms with E-state index in [1.54, 1.807) is 0 Å². The van der Waals surface area contributed by atoms with Gasteiger partial charge in [0.15, 0.2) is 0 Å². The maximum absolute atomic E-state index is 7.22. The summed E-state index contributed by atoms with van der Waals surface area (Å²) in [5.74, 6) is 3.07. The van der Waals surface area contributed by atoms with Crippen LogP contribution in [0.1, 0.15) is 71.1 Å². The van der Waals surface area contributed by atoms with Gasteiger partial charge >= 0.3 is 0 Å². The highest BCUT2D eigenvalue weighted by molar-refractivity contribution is 6.75. The molecule has 0 aliphatic heterocycles. The fourth-order valence-corrected chi connectivity index (χ4v) is 6.45. The second-order valence-electron chi connectivity index (χ2n) is 13.2. The largest absolute Gasteiger partial charge is 0.543 e. The minimum Gasteiger partial charge on any atom is -0.543 e. The molecule has 0 amide bonds. The number of rotatable bonds is 6. The van der Waals surface area contributed by atoms with Gasteiger partial charge in [-0.2, -0.15) is 0 Å². The number of methoxy groups -OCH3 is 1. The summed E-state index contributed by atoms with van der Waals surface area (Å²) in [5.41, 5.74) is 6.13. The van der Waals surface area contributed by atoms with Crippen LogP contribution in [-0.2, 0) is 12.8 Å². The molecule has 2 aromatic rings. The Morgan fingerprint density at radius 1 is 0.714 bits per heavy atom. The predicted octanol–water partition coefficient (Wildman–Crippen LogP) is 9.32. The van der Waals surface area contributed by atoms with Crippen molar-refractivity contribution in [3.63, 3.8) is 0 Å². The van der Waals surface area contributed by atoms with Gasteiger partial charge in [-0.15, -0.1) is 0 Å². The summed E-state index contributed by atoms with van der Waals surface area (Å²) in [6, 6.07) is 8.55. The highest BCUT2D eigenvalue weighted by atomic mass is 28.4. The van der Waals surface area contributed by atoms with Crippen LogP contribution in [0.4, 0.5) is 0 Å². The van der Waals surface area contributed by atoms with Crippen molar-refractivity contribution in [3.8, 4) is 28.4 Å². The molecule has 0 bridgehead atoms. The molecule has 5 heteroatoms.